The van der Waals surface area contributed by atoms with E-state index in [1.807, 2.05) is 25.7 Å². The average Bonchev–Trinajstić information content (AvgIpc) is 2.25. The maximum Gasteiger partial charge on any atom is 0.327 e. The molecule has 5 heteroatoms. The summed E-state index contributed by atoms with van der Waals surface area (Å²) < 4.78 is 0. The van der Waals surface area contributed by atoms with Crippen molar-refractivity contribution < 1.29 is 14.7 Å². The largest absolute Gasteiger partial charge is 0.480 e. The highest BCUT2D eigenvalue weighted by Crippen LogP contribution is 2.16. The predicted octanol–water partition coefficient (Wildman–Crippen LogP) is 0.0600. The topological polar surface area (TPSA) is 69.6 Å². The molecule has 0 saturated carbocycles. The standard InChI is InChI=1S/C10H18N2O3/c1-10(2,3)12-5-4-8(13)11-7(6-12)9(14)15/h7H,4-6H2,1-3H3,(H,11,13)(H,14,15). The van der Waals surface area contributed by atoms with E-state index in [-0.39, 0.29) is 11.4 Å². The third-order valence-corrected chi connectivity index (χ3v) is 2.59. The average molecular weight is 214 g/mol. The number of nitrogens with zero attached hydrogens (tertiary/aromatic N) is 1. The summed E-state index contributed by atoms with van der Waals surface area (Å²) in [7, 11) is 0. The molecule has 0 radical (unpaired) electrons. The van der Waals surface area contributed by atoms with Crippen LogP contribution in [0.15, 0.2) is 0 Å². The fourth-order valence-corrected chi connectivity index (χ4v) is 1.61. The molecule has 1 amide bonds. The lowest BCUT2D eigenvalue weighted by molar-refractivity contribution is -0.141. The number of amides is 1. The molecule has 0 aromatic carbocycles. The Balaban J connectivity index is 2.78. The third kappa shape index (κ3) is 3.20. The Morgan fingerprint density at radius 3 is 2.60 bits per heavy atom. The minimum absolute atomic E-state index is 0.111. The van der Waals surface area contributed by atoms with Gasteiger partial charge in [-0.2, -0.15) is 0 Å². The summed E-state index contributed by atoms with van der Waals surface area (Å²) in [6, 6.07) is -0.792. The first-order valence-corrected chi connectivity index (χ1v) is 5.08. The summed E-state index contributed by atoms with van der Waals surface area (Å²) in [5.74, 6) is -1.16. The van der Waals surface area contributed by atoms with Crippen LogP contribution in [0.1, 0.15) is 27.2 Å². The van der Waals surface area contributed by atoms with Gasteiger partial charge in [-0.25, -0.2) is 4.79 Å². The van der Waals surface area contributed by atoms with Gasteiger partial charge in [-0.05, 0) is 20.8 Å². The van der Waals surface area contributed by atoms with E-state index in [2.05, 4.69) is 5.32 Å². The molecule has 1 saturated heterocycles. The zero-order valence-corrected chi connectivity index (χ0v) is 9.41. The zero-order chi connectivity index (χ0) is 11.6. The predicted molar refractivity (Wildman–Crippen MR) is 55.5 cm³/mol. The molecular formula is C10H18N2O3. The minimum atomic E-state index is -0.973. The number of nitrogens with one attached hydrogen (secondary N) is 1. The molecule has 0 aromatic rings. The Morgan fingerprint density at radius 2 is 2.13 bits per heavy atom. The van der Waals surface area contributed by atoms with Gasteiger partial charge in [0.15, 0.2) is 0 Å². The molecule has 0 aliphatic carbocycles. The van der Waals surface area contributed by atoms with Gasteiger partial charge in [0, 0.05) is 25.0 Å². The smallest absolute Gasteiger partial charge is 0.327 e. The van der Waals surface area contributed by atoms with Gasteiger partial charge in [-0.3, -0.25) is 9.69 Å². The number of hydrogen-bond donors (Lipinski definition) is 2. The van der Waals surface area contributed by atoms with Crippen LogP contribution in [0, 0.1) is 0 Å². The van der Waals surface area contributed by atoms with Crippen LogP contribution in [0.2, 0.25) is 0 Å². The number of carbonyl (C=O) groups is 2. The van der Waals surface area contributed by atoms with Crippen molar-refractivity contribution in [3.63, 3.8) is 0 Å². The van der Waals surface area contributed by atoms with Crippen LogP contribution in [0.4, 0.5) is 0 Å². The van der Waals surface area contributed by atoms with Crippen LogP contribution >= 0.6 is 0 Å². The number of carbonyl (C=O) groups excluding carboxylic acids is 1. The van der Waals surface area contributed by atoms with Crippen molar-refractivity contribution in [2.24, 2.45) is 0 Å². The second kappa shape index (κ2) is 4.18. The molecule has 0 aromatic heterocycles. The van der Waals surface area contributed by atoms with Crippen LogP contribution in [0.3, 0.4) is 0 Å². The van der Waals surface area contributed by atoms with Crippen molar-refractivity contribution >= 4 is 11.9 Å². The maximum absolute atomic E-state index is 11.3. The lowest BCUT2D eigenvalue weighted by Gasteiger charge is -2.35. The summed E-state index contributed by atoms with van der Waals surface area (Å²) in [5, 5.41) is 11.4. The highest BCUT2D eigenvalue weighted by Gasteiger charge is 2.31. The molecule has 0 bridgehead atoms. The van der Waals surface area contributed by atoms with Gasteiger partial charge in [0.05, 0.1) is 0 Å². The number of carboxylic acids is 1. The molecule has 1 atom stereocenters. The molecule has 5 nitrogen and oxygen atoms in total. The SMILES string of the molecule is CC(C)(C)N1CCC(=O)NC(C(=O)O)C1. The van der Waals surface area contributed by atoms with Gasteiger partial charge >= 0.3 is 5.97 Å². The van der Waals surface area contributed by atoms with E-state index < -0.39 is 12.0 Å². The van der Waals surface area contributed by atoms with Crippen molar-refractivity contribution in [3.05, 3.63) is 0 Å². The van der Waals surface area contributed by atoms with Crippen molar-refractivity contribution in [2.75, 3.05) is 13.1 Å². The van der Waals surface area contributed by atoms with E-state index in [1.165, 1.54) is 0 Å². The van der Waals surface area contributed by atoms with Gasteiger partial charge in [0.2, 0.25) is 5.91 Å². The fourth-order valence-electron chi connectivity index (χ4n) is 1.61. The molecule has 1 unspecified atom stereocenters. The van der Waals surface area contributed by atoms with Gasteiger partial charge in [-0.15, -0.1) is 0 Å². The quantitative estimate of drug-likeness (QED) is 0.647. The lowest BCUT2D eigenvalue weighted by atomic mass is 10.1. The second-order valence-corrected chi connectivity index (χ2v) is 4.83. The van der Waals surface area contributed by atoms with Crippen molar-refractivity contribution in [1.29, 1.82) is 0 Å². The summed E-state index contributed by atoms with van der Waals surface area (Å²) >= 11 is 0. The van der Waals surface area contributed by atoms with Crippen LogP contribution in [-0.2, 0) is 9.59 Å². The van der Waals surface area contributed by atoms with Crippen molar-refractivity contribution in [2.45, 2.75) is 38.8 Å². The van der Waals surface area contributed by atoms with Gasteiger partial charge in [0.1, 0.15) is 6.04 Å². The van der Waals surface area contributed by atoms with Gasteiger partial charge < -0.3 is 10.4 Å². The van der Waals surface area contributed by atoms with Crippen LogP contribution in [0.25, 0.3) is 0 Å². The van der Waals surface area contributed by atoms with Crippen LogP contribution < -0.4 is 5.32 Å². The monoisotopic (exact) mass is 214 g/mol. The molecule has 1 aliphatic heterocycles. The molecule has 15 heavy (non-hydrogen) atoms. The van der Waals surface area contributed by atoms with E-state index in [1.54, 1.807) is 0 Å². The molecule has 2 N–H and O–H groups in total. The number of carboxylic acid groups (broad SMARTS) is 1. The molecular weight excluding hydrogens is 196 g/mol. The van der Waals surface area contributed by atoms with Gasteiger partial charge in [0.25, 0.3) is 0 Å². The summed E-state index contributed by atoms with van der Waals surface area (Å²) in [6.45, 7) is 7.02. The first-order chi connectivity index (χ1) is 6.80. The first kappa shape index (κ1) is 12.0. The highest BCUT2D eigenvalue weighted by atomic mass is 16.4. The number of aliphatic carboxylic acids is 1. The Labute approximate surface area is 89.4 Å². The molecule has 86 valence electrons. The molecule has 0 spiro atoms. The third-order valence-electron chi connectivity index (χ3n) is 2.59. The lowest BCUT2D eigenvalue weighted by Crippen LogP contribution is -2.50. The minimum Gasteiger partial charge on any atom is -0.480 e. The normalized spacial score (nSPS) is 24.5. The summed E-state index contributed by atoms with van der Waals surface area (Å²) in [4.78, 5) is 24.2. The first-order valence-electron chi connectivity index (χ1n) is 5.08. The van der Waals surface area contributed by atoms with Crippen LogP contribution in [-0.4, -0.2) is 46.6 Å². The molecule has 1 aliphatic rings. The van der Waals surface area contributed by atoms with E-state index in [4.69, 9.17) is 5.11 Å². The second-order valence-electron chi connectivity index (χ2n) is 4.83. The number of hydrogen-bond acceptors (Lipinski definition) is 3. The summed E-state index contributed by atoms with van der Waals surface area (Å²) in [5.41, 5.74) is -0.111. The molecule has 1 fully saturated rings. The van der Waals surface area contributed by atoms with E-state index >= 15 is 0 Å². The zero-order valence-electron chi connectivity index (χ0n) is 9.41. The summed E-state index contributed by atoms with van der Waals surface area (Å²) in [6.07, 6.45) is 0.362. The molecule has 1 rings (SSSR count). The Kier molecular flexibility index (Phi) is 3.34. The van der Waals surface area contributed by atoms with Crippen LogP contribution in [0.5, 0.6) is 0 Å². The van der Waals surface area contributed by atoms with Crippen molar-refractivity contribution in [1.82, 2.24) is 10.2 Å². The van der Waals surface area contributed by atoms with E-state index in [9.17, 15) is 9.59 Å². The van der Waals surface area contributed by atoms with Crippen molar-refractivity contribution in [3.8, 4) is 0 Å². The highest BCUT2D eigenvalue weighted by molar-refractivity contribution is 5.84. The maximum atomic E-state index is 11.3. The van der Waals surface area contributed by atoms with E-state index in [0.29, 0.717) is 19.5 Å². The van der Waals surface area contributed by atoms with E-state index in [0.717, 1.165) is 0 Å². The number of rotatable bonds is 1. The van der Waals surface area contributed by atoms with Gasteiger partial charge in [-0.1, -0.05) is 0 Å². The molecule has 1 heterocycles. The Bertz CT molecular complexity index is 270. The Hall–Kier alpha value is -1.10. The fraction of sp³-hybridized carbons (Fsp3) is 0.800. The Morgan fingerprint density at radius 1 is 1.53 bits per heavy atom.